The predicted octanol–water partition coefficient (Wildman–Crippen LogP) is 0.690. The van der Waals surface area contributed by atoms with Gasteiger partial charge in [0.25, 0.3) is 0 Å². The van der Waals surface area contributed by atoms with Gasteiger partial charge in [0, 0.05) is 7.05 Å². The highest BCUT2D eigenvalue weighted by atomic mass is 16.6. The van der Waals surface area contributed by atoms with E-state index in [9.17, 15) is 4.79 Å². The molecule has 0 bridgehead atoms. The summed E-state index contributed by atoms with van der Waals surface area (Å²) in [7, 11) is 3.12. The van der Waals surface area contributed by atoms with Crippen molar-refractivity contribution in [2.24, 2.45) is 5.10 Å². The number of carbonyl (C=O) groups excluding carboxylic acids is 1. The van der Waals surface area contributed by atoms with Crippen LogP contribution in [0.1, 0.15) is 20.8 Å². The van der Waals surface area contributed by atoms with Crippen LogP contribution in [-0.4, -0.2) is 38.3 Å². The summed E-state index contributed by atoms with van der Waals surface area (Å²) < 4.78 is 9.92. The van der Waals surface area contributed by atoms with Crippen LogP contribution in [0.15, 0.2) is 5.10 Å². The van der Waals surface area contributed by atoms with Gasteiger partial charge in [-0.25, -0.2) is 4.79 Å². The molecule has 0 saturated heterocycles. The van der Waals surface area contributed by atoms with Crippen molar-refractivity contribution in [3.05, 3.63) is 0 Å². The summed E-state index contributed by atoms with van der Waals surface area (Å²) in [5.74, 6) is 0.378. The Labute approximate surface area is 90.0 Å². The number of ether oxygens (including phenoxy) is 2. The molecule has 0 aliphatic heterocycles. The molecule has 0 rings (SSSR count). The van der Waals surface area contributed by atoms with Gasteiger partial charge in [-0.15, -0.1) is 5.10 Å². The highest BCUT2D eigenvalue weighted by Gasteiger charge is 2.16. The molecule has 0 aromatic rings. The first-order valence-corrected chi connectivity index (χ1v) is 4.63. The lowest BCUT2D eigenvalue weighted by atomic mass is 10.2. The summed E-state index contributed by atoms with van der Waals surface area (Å²) in [6, 6.07) is 0. The SMILES string of the molecule is CNN=C(CNC(=O)OC(C)(C)C)OC. The number of hydrogen-bond acceptors (Lipinski definition) is 5. The zero-order valence-corrected chi connectivity index (χ0v) is 9.88. The molecule has 1 amide bonds. The average Bonchev–Trinajstić information content (AvgIpc) is 2.09. The molecule has 88 valence electrons. The van der Waals surface area contributed by atoms with Crippen LogP contribution in [0.3, 0.4) is 0 Å². The van der Waals surface area contributed by atoms with Gasteiger partial charge in [0.15, 0.2) is 0 Å². The lowest BCUT2D eigenvalue weighted by Crippen LogP contribution is -2.36. The van der Waals surface area contributed by atoms with Crippen LogP contribution < -0.4 is 10.7 Å². The maximum Gasteiger partial charge on any atom is 0.408 e. The Morgan fingerprint density at radius 3 is 2.40 bits per heavy atom. The number of rotatable bonds is 3. The maximum atomic E-state index is 11.2. The topological polar surface area (TPSA) is 72.0 Å². The molecule has 6 nitrogen and oxygen atoms in total. The quantitative estimate of drug-likeness (QED) is 0.414. The molecule has 0 aliphatic rings. The van der Waals surface area contributed by atoms with E-state index >= 15 is 0 Å². The Kier molecular flexibility index (Phi) is 5.51. The average molecular weight is 217 g/mol. The maximum absolute atomic E-state index is 11.2. The van der Waals surface area contributed by atoms with Crippen molar-refractivity contribution in [3.8, 4) is 0 Å². The van der Waals surface area contributed by atoms with Crippen LogP contribution in [0, 0.1) is 0 Å². The molecule has 2 N–H and O–H groups in total. The van der Waals surface area contributed by atoms with E-state index < -0.39 is 11.7 Å². The highest BCUT2D eigenvalue weighted by Crippen LogP contribution is 2.06. The van der Waals surface area contributed by atoms with E-state index in [0.29, 0.717) is 5.90 Å². The Bertz CT molecular complexity index is 233. The second-order valence-corrected chi connectivity index (χ2v) is 3.79. The second kappa shape index (κ2) is 6.10. The molecule has 15 heavy (non-hydrogen) atoms. The van der Waals surface area contributed by atoms with E-state index in [1.807, 2.05) is 0 Å². The lowest BCUT2D eigenvalue weighted by Gasteiger charge is -2.19. The fourth-order valence-corrected chi connectivity index (χ4v) is 0.744. The minimum Gasteiger partial charge on any atom is -0.482 e. The molecule has 0 aromatic heterocycles. The molecule has 0 aliphatic carbocycles. The van der Waals surface area contributed by atoms with Gasteiger partial charge in [-0.1, -0.05) is 0 Å². The van der Waals surface area contributed by atoms with Crippen molar-refractivity contribution in [2.75, 3.05) is 20.7 Å². The summed E-state index contributed by atoms with van der Waals surface area (Å²) in [5, 5.41) is 6.30. The Morgan fingerprint density at radius 2 is 2.00 bits per heavy atom. The molecule has 0 saturated carbocycles. The third kappa shape index (κ3) is 7.60. The number of hydrogen-bond donors (Lipinski definition) is 2. The minimum absolute atomic E-state index is 0.187. The molecular weight excluding hydrogens is 198 g/mol. The summed E-state index contributed by atoms with van der Waals surface area (Å²) in [6.45, 7) is 5.58. The number of alkyl carbamates (subject to hydrolysis) is 1. The number of hydrazone groups is 1. The number of nitrogens with zero attached hydrogens (tertiary/aromatic N) is 1. The van der Waals surface area contributed by atoms with Crippen LogP contribution in [0.25, 0.3) is 0 Å². The van der Waals surface area contributed by atoms with E-state index in [1.54, 1.807) is 27.8 Å². The van der Waals surface area contributed by atoms with Crippen LogP contribution in [-0.2, 0) is 9.47 Å². The van der Waals surface area contributed by atoms with Crippen molar-refractivity contribution in [2.45, 2.75) is 26.4 Å². The molecule has 0 aromatic carbocycles. The fourth-order valence-electron chi connectivity index (χ4n) is 0.744. The molecule has 0 fully saturated rings. The standard InChI is InChI=1S/C9H19N3O3/c1-9(2,3)15-8(13)11-6-7(14-5)12-10-4/h10H,6H2,1-5H3,(H,11,13). The van der Waals surface area contributed by atoms with E-state index in [4.69, 9.17) is 9.47 Å². The number of carbonyl (C=O) groups is 1. The monoisotopic (exact) mass is 217 g/mol. The number of amides is 1. The molecule has 0 heterocycles. The Morgan fingerprint density at radius 1 is 1.40 bits per heavy atom. The summed E-state index contributed by atoms with van der Waals surface area (Å²) in [5.41, 5.74) is 2.06. The van der Waals surface area contributed by atoms with E-state index in [0.717, 1.165) is 0 Å². The minimum atomic E-state index is -0.503. The van der Waals surface area contributed by atoms with Gasteiger partial charge in [0.2, 0.25) is 5.90 Å². The first kappa shape index (κ1) is 13.5. The van der Waals surface area contributed by atoms with Gasteiger partial charge in [-0.3, -0.25) is 0 Å². The molecular formula is C9H19N3O3. The van der Waals surface area contributed by atoms with Crippen molar-refractivity contribution in [1.82, 2.24) is 10.7 Å². The Hall–Kier alpha value is -1.46. The van der Waals surface area contributed by atoms with Crippen LogP contribution in [0.4, 0.5) is 4.79 Å². The van der Waals surface area contributed by atoms with Crippen LogP contribution >= 0.6 is 0 Å². The normalized spacial score (nSPS) is 11.9. The fraction of sp³-hybridized carbons (Fsp3) is 0.778. The summed E-state index contributed by atoms with van der Waals surface area (Å²) in [4.78, 5) is 11.2. The molecule has 0 radical (unpaired) electrons. The number of methoxy groups -OCH3 is 1. The van der Waals surface area contributed by atoms with Crippen molar-refractivity contribution >= 4 is 12.0 Å². The lowest BCUT2D eigenvalue weighted by molar-refractivity contribution is 0.0533. The predicted molar refractivity (Wildman–Crippen MR) is 57.7 cm³/mol. The Balaban J connectivity index is 3.94. The van der Waals surface area contributed by atoms with Gasteiger partial charge < -0.3 is 20.2 Å². The first-order chi connectivity index (χ1) is 6.89. The van der Waals surface area contributed by atoms with E-state index in [-0.39, 0.29) is 6.54 Å². The van der Waals surface area contributed by atoms with Crippen molar-refractivity contribution < 1.29 is 14.3 Å². The van der Waals surface area contributed by atoms with Gasteiger partial charge >= 0.3 is 6.09 Å². The van der Waals surface area contributed by atoms with Crippen LogP contribution in [0.2, 0.25) is 0 Å². The zero-order valence-electron chi connectivity index (χ0n) is 9.88. The van der Waals surface area contributed by atoms with Crippen molar-refractivity contribution in [3.63, 3.8) is 0 Å². The third-order valence-electron chi connectivity index (χ3n) is 1.25. The van der Waals surface area contributed by atoms with E-state index in [1.165, 1.54) is 7.11 Å². The smallest absolute Gasteiger partial charge is 0.408 e. The molecule has 6 heteroatoms. The van der Waals surface area contributed by atoms with E-state index in [2.05, 4.69) is 15.8 Å². The zero-order chi connectivity index (χ0) is 11.9. The van der Waals surface area contributed by atoms with Gasteiger partial charge in [0.1, 0.15) is 5.60 Å². The van der Waals surface area contributed by atoms with Gasteiger partial charge in [-0.05, 0) is 20.8 Å². The second-order valence-electron chi connectivity index (χ2n) is 3.79. The van der Waals surface area contributed by atoms with Crippen LogP contribution in [0.5, 0.6) is 0 Å². The number of nitrogens with one attached hydrogen (secondary N) is 2. The molecule has 0 unspecified atom stereocenters. The largest absolute Gasteiger partial charge is 0.482 e. The summed E-state index contributed by atoms with van der Waals surface area (Å²) >= 11 is 0. The molecule has 0 spiro atoms. The third-order valence-corrected chi connectivity index (χ3v) is 1.25. The van der Waals surface area contributed by atoms with Crippen molar-refractivity contribution in [1.29, 1.82) is 0 Å². The molecule has 0 atom stereocenters. The summed E-state index contributed by atoms with van der Waals surface area (Å²) in [6.07, 6.45) is -0.497. The van der Waals surface area contributed by atoms with Gasteiger partial charge in [0.05, 0.1) is 13.7 Å². The van der Waals surface area contributed by atoms with Gasteiger partial charge in [-0.2, -0.15) is 0 Å². The first-order valence-electron chi connectivity index (χ1n) is 4.63. The highest BCUT2D eigenvalue weighted by molar-refractivity contribution is 5.81.